The summed E-state index contributed by atoms with van der Waals surface area (Å²) < 4.78 is 6.84. The van der Waals surface area contributed by atoms with Crippen LogP contribution in [-0.4, -0.2) is 41.3 Å². The third-order valence-corrected chi connectivity index (χ3v) is 4.00. The monoisotopic (exact) mass is 294 g/mol. The normalized spacial score (nSPS) is 22.0. The number of carbonyl (C=O) groups excluding carboxylic acids is 1. The Balaban J connectivity index is 2.03. The Hall–Kier alpha value is -1.82. The van der Waals surface area contributed by atoms with Crippen LogP contribution in [0.25, 0.3) is 0 Å². The van der Waals surface area contributed by atoms with E-state index in [-0.39, 0.29) is 11.9 Å². The second kappa shape index (κ2) is 7.26. The molecule has 2 atom stereocenters. The van der Waals surface area contributed by atoms with Crippen molar-refractivity contribution in [3.63, 3.8) is 0 Å². The van der Waals surface area contributed by atoms with Gasteiger partial charge in [-0.15, -0.1) is 0 Å². The summed E-state index contributed by atoms with van der Waals surface area (Å²) in [6, 6.07) is 3.26. The van der Waals surface area contributed by atoms with Gasteiger partial charge in [-0.1, -0.05) is 12.8 Å². The van der Waals surface area contributed by atoms with Crippen molar-refractivity contribution in [3.8, 4) is 0 Å². The molecule has 0 aliphatic heterocycles. The summed E-state index contributed by atoms with van der Waals surface area (Å²) in [6.45, 7) is 1.12. The second-order valence-corrected chi connectivity index (χ2v) is 5.39. The maximum atomic E-state index is 12.4. The third kappa shape index (κ3) is 3.85. The summed E-state index contributed by atoms with van der Waals surface area (Å²) in [4.78, 5) is 23.6. The van der Waals surface area contributed by atoms with Gasteiger partial charge in [-0.2, -0.15) is 0 Å². The van der Waals surface area contributed by atoms with Crippen LogP contribution in [-0.2, 0) is 16.1 Å². The summed E-state index contributed by atoms with van der Waals surface area (Å²) >= 11 is 0. The highest BCUT2D eigenvalue weighted by Gasteiger charge is 2.32. The van der Waals surface area contributed by atoms with Crippen molar-refractivity contribution in [2.75, 3.05) is 13.7 Å². The molecule has 21 heavy (non-hydrogen) atoms. The molecule has 0 bridgehead atoms. The van der Waals surface area contributed by atoms with Crippen LogP contribution in [0.4, 0.5) is 0 Å². The fourth-order valence-electron chi connectivity index (χ4n) is 2.85. The summed E-state index contributed by atoms with van der Waals surface area (Å²) in [5, 5.41) is 12.1. The van der Waals surface area contributed by atoms with Crippen LogP contribution in [0.1, 0.15) is 36.2 Å². The summed E-state index contributed by atoms with van der Waals surface area (Å²) in [7, 11) is 1.61. The lowest BCUT2D eigenvalue weighted by atomic mass is 9.84. The number of aromatic nitrogens is 1. The zero-order valence-corrected chi connectivity index (χ0v) is 12.2. The van der Waals surface area contributed by atoms with Crippen LogP contribution in [0.3, 0.4) is 0 Å². The molecule has 1 aliphatic rings. The van der Waals surface area contributed by atoms with Crippen molar-refractivity contribution in [1.29, 1.82) is 0 Å². The van der Waals surface area contributed by atoms with E-state index in [0.717, 1.165) is 19.3 Å². The van der Waals surface area contributed by atoms with Crippen LogP contribution in [0, 0.1) is 5.92 Å². The number of rotatable bonds is 6. The van der Waals surface area contributed by atoms with E-state index in [1.807, 2.05) is 10.8 Å². The molecule has 1 aromatic heterocycles. The van der Waals surface area contributed by atoms with Crippen LogP contribution in [0.15, 0.2) is 18.3 Å². The zero-order chi connectivity index (χ0) is 15.2. The predicted octanol–water partition coefficient (Wildman–Crippen LogP) is 1.51. The van der Waals surface area contributed by atoms with E-state index in [1.54, 1.807) is 19.2 Å². The molecule has 1 heterocycles. The van der Waals surface area contributed by atoms with Gasteiger partial charge in [0.05, 0.1) is 12.5 Å². The molecular weight excluding hydrogens is 272 g/mol. The third-order valence-electron chi connectivity index (χ3n) is 4.00. The van der Waals surface area contributed by atoms with Gasteiger partial charge in [0.25, 0.3) is 5.91 Å². The Morgan fingerprint density at radius 1 is 1.43 bits per heavy atom. The number of aliphatic carboxylic acids is 1. The first-order valence-electron chi connectivity index (χ1n) is 7.31. The Bertz CT molecular complexity index is 498. The Kier molecular flexibility index (Phi) is 5.38. The molecule has 2 unspecified atom stereocenters. The number of nitrogens with one attached hydrogen (secondary N) is 1. The van der Waals surface area contributed by atoms with Crippen molar-refractivity contribution in [1.82, 2.24) is 9.88 Å². The van der Waals surface area contributed by atoms with Gasteiger partial charge in [0.2, 0.25) is 0 Å². The van der Waals surface area contributed by atoms with E-state index in [2.05, 4.69) is 5.32 Å². The number of hydrogen-bond acceptors (Lipinski definition) is 3. The second-order valence-electron chi connectivity index (χ2n) is 5.39. The number of nitrogens with zero attached hydrogens (tertiary/aromatic N) is 1. The average molecular weight is 294 g/mol. The standard InChI is InChI=1S/C15H22N2O4/c1-21-10-9-17-8-4-7-13(17)14(18)16-12-6-3-2-5-11(12)15(19)20/h4,7-8,11-12H,2-3,5-6,9-10H2,1H3,(H,16,18)(H,19,20). The quantitative estimate of drug-likeness (QED) is 0.833. The van der Waals surface area contributed by atoms with Gasteiger partial charge in [0.15, 0.2) is 0 Å². The fourth-order valence-corrected chi connectivity index (χ4v) is 2.85. The van der Waals surface area contributed by atoms with Gasteiger partial charge in [-0.3, -0.25) is 9.59 Å². The molecule has 1 amide bonds. The van der Waals surface area contributed by atoms with Crippen LogP contribution in [0.2, 0.25) is 0 Å². The lowest BCUT2D eigenvalue weighted by Gasteiger charge is -2.29. The maximum absolute atomic E-state index is 12.4. The van der Waals surface area contributed by atoms with Gasteiger partial charge >= 0.3 is 5.97 Å². The minimum absolute atomic E-state index is 0.214. The number of carbonyl (C=O) groups is 2. The summed E-state index contributed by atoms with van der Waals surface area (Å²) in [6.07, 6.45) is 5.04. The first kappa shape index (κ1) is 15.6. The molecule has 1 saturated carbocycles. The zero-order valence-electron chi connectivity index (χ0n) is 12.2. The molecule has 6 heteroatoms. The smallest absolute Gasteiger partial charge is 0.308 e. The number of amides is 1. The molecule has 2 N–H and O–H groups in total. The number of hydrogen-bond donors (Lipinski definition) is 2. The van der Waals surface area contributed by atoms with E-state index in [0.29, 0.717) is 25.3 Å². The highest BCUT2D eigenvalue weighted by molar-refractivity contribution is 5.93. The van der Waals surface area contributed by atoms with Crippen LogP contribution >= 0.6 is 0 Å². The molecule has 6 nitrogen and oxygen atoms in total. The molecule has 116 valence electrons. The van der Waals surface area contributed by atoms with Gasteiger partial charge in [0, 0.05) is 25.9 Å². The number of ether oxygens (including phenoxy) is 1. The molecule has 1 fully saturated rings. The molecule has 0 spiro atoms. The first-order valence-corrected chi connectivity index (χ1v) is 7.31. The van der Waals surface area contributed by atoms with Gasteiger partial charge < -0.3 is 19.7 Å². The van der Waals surface area contributed by atoms with Crippen molar-refractivity contribution in [3.05, 3.63) is 24.0 Å². The SMILES string of the molecule is COCCn1cccc1C(=O)NC1CCCCC1C(=O)O. The predicted molar refractivity (Wildman–Crippen MR) is 77.2 cm³/mol. The number of methoxy groups -OCH3 is 1. The highest BCUT2D eigenvalue weighted by atomic mass is 16.5. The lowest BCUT2D eigenvalue weighted by molar-refractivity contribution is -0.143. The van der Waals surface area contributed by atoms with Crippen molar-refractivity contribution in [2.24, 2.45) is 5.92 Å². The minimum atomic E-state index is -0.824. The fraction of sp³-hybridized carbons (Fsp3) is 0.600. The van der Waals surface area contributed by atoms with Crippen LogP contribution in [0.5, 0.6) is 0 Å². The first-order chi connectivity index (χ1) is 10.1. The van der Waals surface area contributed by atoms with Crippen molar-refractivity contribution >= 4 is 11.9 Å². The van der Waals surface area contributed by atoms with E-state index in [9.17, 15) is 14.7 Å². The van der Waals surface area contributed by atoms with Gasteiger partial charge in [-0.25, -0.2) is 0 Å². The summed E-state index contributed by atoms with van der Waals surface area (Å²) in [5.41, 5.74) is 0.543. The van der Waals surface area contributed by atoms with Crippen molar-refractivity contribution < 1.29 is 19.4 Å². The van der Waals surface area contributed by atoms with Crippen molar-refractivity contribution in [2.45, 2.75) is 38.3 Å². The van der Waals surface area contributed by atoms with E-state index in [1.165, 1.54) is 0 Å². The highest BCUT2D eigenvalue weighted by Crippen LogP contribution is 2.25. The minimum Gasteiger partial charge on any atom is -0.481 e. The Labute approximate surface area is 124 Å². The molecular formula is C15H22N2O4. The molecule has 0 saturated heterocycles. The Morgan fingerprint density at radius 2 is 2.19 bits per heavy atom. The van der Waals surface area contributed by atoms with Crippen LogP contribution < -0.4 is 5.32 Å². The van der Waals surface area contributed by atoms with Gasteiger partial charge in [-0.05, 0) is 25.0 Å². The maximum Gasteiger partial charge on any atom is 0.308 e. The molecule has 2 rings (SSSR count). The average Bonchev–Trinajstić information content (AvgIpc) is 2.94. The van der Waals surface area contributed by atoms with E-state index < -0.39 is 11.9 Å². The van der Waals surface area contributed by atoms with Gasteiger partial charge in [0.1, 0.15) is 5.69 Å². The molecule has 1 aromatic rings. The molecule has 1 aliphatic carbocycles. The Morgan fingerprint density at radius 3 is 2.90 bits per heavy atom. The number of carboxylic acids is 1. The summed E-state index contributed by atoms with van der Waals surface area (Å²) in [5.74, 6) is -1.52. The van der Waals surface area contributed by atoms with E-state index >= 15 is 0 Å². The number of carboxylic acid groups (broad SMARTS) is 1. The van der Waals surface area contributed by atoms with E-state index in [4.69, 9.17) is 4.74 Å². The largest absolute Gasteiger partial charge is 0.481 e. The molecule has 0 aromatic carbocycles. The topological polar surface area (TPSA) is 80.6 Å². The molecule has 0 radical (unpaired) electrons. The lowest BCUT2D eigenvalue weighted by Crippen LogP contribution is -2.45.